The molecule has 1 heterocycles. The minimum atomic E-state index is 0.809. The van der Waals surface area contributed by atoms with Crippen molar-refractivity contribution in [2.45, 2.75) is 6.54 Å². The first-order valence-corrected chi connectivity index (χ1v) is 6.63. The number of nitrogen functional groups attached to an aromatic ring is 1. The van der Waals surface area contributed by atoms with E-state index in [2.05, 4.69) is 53.3 Å². The molecule has 0 spiro atoms. The Labute approximate surface area is 118 Å². The van der Waals surface area contributed by atoms with Crippen LogP contribution in [-0.4, -0.2) is 12.0 Å². The van der Waals surface area contributed by atoms with Crippen molar-refractivity contribution in [3.63, 3.8) is 0 Å². The molecule has 1 aromatic heterocycles. The van der Waals surface area contributed by atoms with Gasteiger partial charge in [0.25, 0.3) is 0 Å². The van der Waals surface area contributed by atoms with Crippen molar-refractivity contribution >= 4 is 22.1 Å². The average Bonchev–Trinajstić information content (AvgIpc) is 2.49. The minimum Gasteiger partial charge on any atom is -0.397 e. The SMILES string of the molecule is CN(Cc1ccccc1)c1ccc2cnccc2c1N. The maximum Gasteiger partial charge on any atom is 0.0632 e. The highest BCUT2D eigenvalue weighted by Gasteiger charge is 2.09. The van der Waals surface area contributed by atoms with Gasteiger partial charge >= 0.3 is 0 Å². The molecule has 3 aromatic rings. The van der Waals surface area contributed by atoms with Gasteiger partial charge < -0.3 is 10.6 Å². The third-order valence-corrected chi connectivity index (χ3v) is 3.51. The van der Waals surface area contributed by atoms with Crippen molar-refractivity contribution in [3.8, 4) is 0 Å². The molecule has 0 amide bonds. The predicted molar refractivity (Wildman–Crippen MR) is 84.7 cm³/mol. The maximum atomic E-state index is 6.30. The zero-order valence-electron chi connectivity index (χ0n) is 11.5. The molecule has 100 valence electrons. The quantitative estimate of drug-likeness (QED) is 0.736. The summed E-state index contributed by atoms with van der Waals surface area (Å²) < 4.78 is 0. The van der Waals surface area contributed by atoms with E-state index in [1.165, 1.54) is 5.56 Å². The maximum absolute atomic E-state index is 6.30. The molecule has 0 fully saturated rings. The molecule has 0 aliphatic carbocycles. The average molecular weight is 263 g/mol. The van der Waals surface area contributed by atoms with E-state index in [1.54, 1.807) is 6.20 Å². The van der Waals surface area contributed by atoms with E-state index < -0.39 is 0 Å². The molecule has 20 heavy (non-hydrogen) atoms. The highest BCUT2D eigenvalue weighted by atomic mass is 15.1. The van der Waals surface area contributed by atoms with Gasteiger partial charge in [0.05, 0.1) is 11.4 Å². The number of fused-ring (bicyclic) bond motifs is 1. The normalized spacial score (nSPS) is 10.7. The van der Waals surface area contributed by atoms with Gasteiger partial charge in [-0.15, -0.1) is 0 Å². The fraction of sp³-hybridized carbons (Fsp3) is 0.118. The fourth-order valence-electron chi connectivity index (χ4n) is 2.46. The molecule has 2 aromatic carbocycles. The lowest BCUT2D eigenvalue weighted by atomic mass is 10.1. The standard InChI is InChI=1S/C17H17N3/c1-20(12-13-5-3-2-4-6-13)16-8-7-14-11-19-10-9-15(14)17(16)18/h2-11H,12,18H2,1H3. The van der Waals surface area contributed by atoms with Crippen LogP contribution in [0.5, 0.6) is 0 Å². The molecule has 0 unspecified atom stereocenters. The lowest BCUT2D eigenvalue weighted by molar-refractivity contribution is 0.926. The molecule has 0 saturated heterocycles. The number of anilines is 2. The van der Waals surface area contributed by atoms with E-state index in [-0.39, 0.29) is 0 Å². The van der Waals surface area contributed by atoms with Crippen molar-refractivity contribution in [1.29, 1.82) is 0 Å². The van der Waals surface area contributed by atoms with Gasteiger partial charge in [-0.3, -0.25) is 4.98 Å². The zero-order valence-corrected chi connectivity index (χ0v) is 11.5. The van der Waals surface area contributed by atoms with E-state index in [0.29, 0.717) is 0 Å². The third kappa shape index (κ3) is 2.30. The van der Waals surface area contributed by atoms with Gasteiger partial charge in [0.1, 0.15) is 0 Å². The van der Waals surface area contributed by atoms with Crippen LogP contribution in [0.4, 0.5) is 11.4 Å². The van der Waals surface area contributed by atoms with E-state index in [4.69, 9.17) is 5.73 Å². The Balaban J connectivity index is 1.95. The Morgan fingerprint density at radius 3 is 2.65 bits per heavy atom. The second kappa shape index (κ2) is 5.21. The number of pyridine rings is 1. The highest BCUT2D eigenvalue weighted by molar-refractivity contribution is 5.98. The van der Waals surface area contributed by atoms with Gasteiger partial charge in [-0.1, -0.05) is 36.4 Å². The van der Waals surface area contributed by atoms with Crippen molar-refractivity contribution < 1.29 is 0 Å². The largest absolute Gasteiger partial charge is 0.397 e. The molecule has 2 N–H and O–H groups in total. The molecule has 0 aliphatic heterocycles. The van der Waals surface area contributed by atoms with Crippen LogP contribution in [-0.2, 0) is 6.54 Å². The first kappa shape index (κ1) is 12.5. The number of hydrogen-bond donors (Lipinski definition) is 1. The van der Waals surface area contributed by atoms with Crippen molar-refractivity contribution in [3.05, 3.63) is 66.5 Å². The predicted octanol–water partition coefficient (Wildman–Crippen LogP) is 3.45. The van der Waals surface area contributed by atoms with Crippen LogP contribution >= 0.6 is 0 Å². The molecule has 0 bridgehead atoms. The Bertz CT molecular complexity index is 723. The van der Waals surface area contributed by atoms with Gasteiger partial charge in [-0.05, 0) is 17.7 Å². The second-order valence-electron chi connectivity index (χ2n) is 4.94. The first-order valence-electron chi connectivity index (χ1n) is 6.63. The molecule has 0 aliphatic rings. The van der Waals surface area contributed by atoms with Gasteiger partial charge in [0.15, 0.2) is 0 Å². The number of nitrogens with zero attached hydrogens (tertiary/aromatic N) is 2. The molecule has 3 heteroatoms. The Morgan fingerprint density at radius 2 is 1.85 bits per heavy atom. The van der Waals surface area contributed by atoms with Crippen LogP contribution in [0.1, 0.15) is 5.56 Å². The summed E-state index contributed by atoms with van der Waals surface area (Å²) in [5.74, 6) is 0. The second-order valence-corrected chi connectivity index (χ2v) is 4.94. The van der Waals surface area contributed by atoms with Gasteiger partial charge in [-0.2, -0.15) is 0 Å². The monoisotopic (exact) mass is 263 g/mol. The molecule has 0 radical (unpaired) electrons. The van der Waals surface area contributed by atoms with Crippen molar-refractivity contribution in [2.75, 3.05) is 17.7 Å². The van der Waals surface area contributed by atoms with Gasteiger partial charge in [-0.25, -0.2) is 0 Å². The van der Waals surface area contributed by atoms with Crippen molar-refractivity contribution in [1.82, 2.24) is 4.98 Å². The first-order chi connectivity index (χ1) is 9.75. The summed E-state index contributed by atoms with van der Waals surface area (Å²) >= 11 is 0. The van der Waals surface area contributed by atoms with Crippen LogP contribution in [0.15, 0.2) is 60.9 Å². The molecule has 3 nitrogen and oxygen atoms in total. The third-order valence-electron chi connectivity index (χ3n) is 3.51. The van der Waals surface area contributed by atoms with Crippen LogP contribution in [0.2, 0.25) is 0 Å². The summed E-state index contributed by atoms with van der Waals surface area (Å²) in [6.45, 7) is 0.835. The van der Waals surface area contributed by atoms with Gasteiger partial charge in [0, 0.05) is 36.8 Å². The molecule has 3 rings (SSSR count). The van der Waals surface area contributed by atoms with Crippen LogP contribution < -0.4 is 10.6 Å². The van der Waals surface area contributed by atoms with Crippen molar-refractivity contribution in [2.24, 2.45) is 0 Å². The number of hydrogen-bond acceptors (Lipinski definition) is 3. The van der Waals surface area contributed by atoms with E-state index >= 15 is 0 Å². The van der Waals surface area contributed by atoms with E-state index in [0.717, 1.165) is 28.7 Å². The van der Waals surface area contributed by atoms with E-state index in [1.807, 2.05) is 18.3 Å². The summed E-state index contributed by atoms with van der Waals surface area (Å²) in [7, 11) is 2.06. The molecule has 0 atom stereocenters. The Kier molecular flexibility index (Phi) is 3.25. The highest BCUT2D eigenvalue weighted by Crippen LogP contribution is 2.30. The Hall–Kier alpha value is -2.55. The minimum absolute atomic E-state index is 0.809. The summed E-state index contributed by atoms with van der Waals surface area (Å²) in [6.07, 6.45) is 3.62. The number of rotatable bonds is 3. The fourth-order valence-corrected chi connectivity index (χ4v) is 2.46. The lowest BCUT2D eigenvalue weighted by Crippen LogP contribution is -2.17. The summed E-state index contributed by atoms with van der Waals surface area (Å²) in [6, 6.07) is 16.5. The summed E-state index contributed by atoms with van der Waals surface area (Å²) in [5, 5.41) is 2.12. The van der Waals surface area contributed by atoms with Crippen LogP contribution in [0.25, 0.3) is 10.8 Å². The zero-order chi connectivity index (χ0) is 13.9. The van der Waals surface area contributed by atoms with Crippen LogP contribution in [0.3, 0.4) is 0 Å². The molecular formula is C17H17N3. The summed E-state index contributed by atoms with van der Waals surface area (Å²) in [4.78, 5) is 6.30. The summed E-state index contributed by atoms with van der Waals surface area (Å²) in [5.41, 5.74) is 9.43. The number of aromatic nitrogens is 1. The van der Waals surface area contributed by atoms with E-state index in [9.17, 15) is 0 Å². The van der Waals surface area contributed by atoms with Crippen LogP contribution in [0, 0.1) is 0 Å². The van der Waals surface area contributed by atoms with Gasteiger partial charge in [0.2, 0.25) is 0 Å². The topological polar surface area (TPSA) is 42.2 Å². The Morgan fingerprint density at radius 1 is 1.05 bits per heavy atom. The smallest absolute Gasteiger partial charge is 0.0632 e. The molecule has 0 saturated carbocycles. The number of benzene rings is 2. The molecular weight excluding hydrogens is 246 g/mol. The number of nitrogens with two attached hydrogens (primary N) is 1. The lowest BCUT2D eigenvalue weighted by Gasteiger charge is -2.22.